The Morgan fingerprint density at radius 1 is 1.10 bits per heavy atom. The summed E-state index contributed by atoms with van der Waals surface area (Å²) in [4.78, 5) is 17.3. The third kappa shape index (κ3) is 4.48. The number of nitrogens with two attached hydrogens (primary N) is 1. The summed E-state index contributed by atoms with van der Waals surface area (Å²) in [6.45, 7) is 3.41. The van der Waals surface area contributed by atoms with E-state index < -0.39 is 0 Å². The van der Waals surface area contributed by atoms with Crippen LogP contribution in [0.3, 0.4) is 0 Å². The average Bonchev–Trinajstić information content (AvgIpc) is 3.40. The number of amides is 1. The molecule has 0 radical (unpaired) electrons. The summed E-state index contributed by atoms with van der Waals surface area (Å²) in [6, 6.07) is 18.0. The van der Waals surface area contributed by atoms with Gasteiger partial charge in [0.1, 0.15) is 5.01 Å². The van der Waals surface area contributed by atoms with Gasteiger partial charge < -0.3 is 11.1 Å². The van der Waals surface area contributed by atoms with Crippen molar-refractivity contribution in [2.45, 2.75) is 26.6 Å². The molecule has 4 rings (SSSR count). The lowest BCUT2D eigenvalue weighted by molar-refractivity contribution is 0.0950. The number of rotatable bonds is 7. The lowest BCUT2D eigenvalue weighted by Crippen LogP contribution is -2.23. The molecule has 0 spiro atoms. The predicted molar refractivity (Wildman–Crippen MR) is 119 cm³/mol. The zero-order chi connectivity index (χ0) is 20.9. The minimum atomic E-state index is -0.134. The van der Waals surface area contributed by atoms with Crippen LogP contribution in [0, 0.1) is 6.92 Å². The van der Waals surface area contributed by atoms with Crippen LogP contribution in [0.4, 0.5) is 0 Å². The molecule has 152 valence electrons. The molecule has 0 aliphatic carbocycles. The number of carbonyl (C=O) groups excluding carboxylic acids is 1. The zero-order valence-corrected chi connectivity index (χ0v) is 17.5. The number of aromatic nitrogens is 3. The second-order valence-electron chi connectivity index (χ2n) is 7.01. The van der Waals surface area contributed by atoms with Crippen LogP contribution in [0.25, 0.3) is 10.6 Å². The van der Waals surface area contributed by atoms with E-state index in [4.69, 9.17) is 10.7 Å². The summed E-state index contributed by atoms with van der Waals surface area (Å²) in [5, 5.41) is 10.4. The van der Waals surface area contributed by atoms with Crippen molar-refractivity contribution in [3.8, 4) is 10.6 Å². The number of benzene rings is 2. The van der Waals surface area contributed by atoms with Crippen LogP contribution >= 0.6 is 11.3 Å². The van der Waals surface area contributed by atoms with Crippen molar-refractivity contribution in [2.75, 3.05) is 0 Å². The van der Waals surface area contributed by atoms with Crippen LogP contribution in [0.5, 0.6) is 0 Å². The van der Waals surface area contributed by atoms with Crippen molar-refractivity contribution in [2.24, 2.45) is 5.73 Å². The van der Waals surface area contributed by atoms with Gasteiger partial charge in [-0.3, -0.25) is 9.48 Å². The topological polar surface area (TPSA) is 85.8 Å². The van der Waals surface area contributed by atoms with Crippen molar-refractivity contribution < 1.29 is 4.79 Å². The van der Waals surface area contributed by atoms with E-state index in [0.29, 0.717) is 25.2 Å². The summed E-state index contributed by atoms with van der Waals surface area (Å²) < 4.78 is 1.81. The quantitative estimate of drug-likeness (QED) is 0.479. The highest BCUT2D eigenvalue weighted by atomic mass is 32.1. The van der Waals surface area contributed by atoms with E-state index in [9.17, 15) is 4.79 Å². The van der Waals surface area contributed by atoms with Crippen LogP contribution < -0.4 is 11.1 Å². The smallest absolute Gasteiger partial charge is 0.255 e. The minimum absolute atomic E-state index is 0.134. The van der Waals surface area contributed by atoms with Gasteiger partial charge in [-0.1, -0.05) is 54.6 Å². The predicted octanol–water partition coefficient (Wildman–Crippen LogP) is 3.75. The Balaban J connectivity index is 1.40. The molecule has 0 aliphatic heterocycles. The minimum Gasteiger partial charge on any atom is -0.348 e. The highest BCUT2D eigenvalue weighted by Crippen LogP contribution is 2.24. The Hall–Kier alpha value is -3.29. The number of hydrogen-bond acceptors (Lipinski definition) is 5. The van der Waals surface area contributed by atoms with Crippen molar-refractivity contribution in [1.29, 1.82) is 0 Å². The molecule has 7 heteroatoms. The molecule has 2 aromatic heterocycles. The van der Waals surface area contributed by atoms with E-state index in [1.54, 1.807) is 17.5 Å². The molecule has 30 heavy (non-hydrogen) atoms. The maximum absolute atomic E-state index is 12.6. The number of hydrogen-bond donors (Lipinski definition) is 2. The normalized spacial score (nSPS) is 10.9. The Morgan fingerprint density at radius 2 is 1.83 bits per heavy atom. The zero-order valence-electron chi connectivity index (χ0n) is 16.7. The fourth-order valence-corrected chi connectivity index (χ4v) is 3.96. The molecule has 3 N–H and O–H groups in total. The fraction of sp³-hybridized carbons (Fsp3) is 0.174. The van der Waals surface area contributed by atoms with Crippen LogP contribution in [-0.4, -0.2) is 20.7 Å². The maximum atomic E-state index is 12.6. The molecular formula is C23H23N5OS. The Labute approximate surface area is 179 Å². The van der Waals surface area contributed by atoms with Gasteiger partial charge in [0.15, 0.2) is 0 Å². The van der Waals surface area contributed by atoms with E-state index in [0.717, 1.165) is 33.1 Å². The third-order valence-corrected chi connectivity index (χ3v) is 5.88. The highest BCUT2D eigenvalue weighted by molar-refractivity contribution is 7.13. The van der Waals surface area contributed by atoms with Gasteiger partial charge in [-0.25, -0.2) is 4.98 Å². The molecule has 0 aliphatic rings. The van der Waals surface area contributed by atoms with Gasteiger partial charge in [0.05, 0.1) is 24.0 Å². The van der Waals surface area contributed by atoms with Crippen LogP contribution in [0.1, 0.15) is 32.9 Å². The lowest BCUT2D eigenvalue weighted by Gasteiger charge is -2.07. The van der Waals surface area contributed by atoms with E-state index in [2.05, 4.69) is 10.4 Å². The van der Waals surface area contributed by atoms with Crippen LogP contribution in [-0.2, 0) is 19.6 Å². The standard InChI is InChI=1S/C23H23N5OS/c1-16-21(22(29)25-12-18-9-7-17(11-24)8-10-18)13-26-28(16)14-20-15-30-23(27-20)19-5-3-2-4-6-19/h2-10,13,15H,11-12,14,24H2,1H3,(H,25,29). The second kappa shape index (κ2) is 9.02. The molecule has 0 unspecified atom stereocenters. The molecular weight excluding hydrogens is 394 g/mol. The van der Waals surface area contributed by atoms with E-state index in [-0.39, 0.29) is 5.91 Å². The van der Waals surface area contributed by atoms with Crippen LogP contribution in [0.2, 0.25) is 0 Å². The molecule has 6 nitrogen and oxygen atoms in total. The first-order chi connectivity index (χ1) is 14.6. The van der Waals surface area contributed by atoms with Gasteiger partial charge in [-0.05, 0) is 18.1 Å². The van der Waals surface area contributed by atoms with Crippen molar-refractivity contribution in [3.63, 3.8) is 0 Å². The molecule has 2 heterocycles. The number of nitrogens with one attached hydrogen (secondary N) is 1. The lowest BCUT2D eigenvalue weighted by atomic mass is 10.1. The van der Waals surface area contributed by atoms with Crippen molar-refractivity contribution in [1.82, 2.24) is 20.1 Å². The summed E-state index contributed by atoms with van der Waals surface area (Å²) in [5.74, 6) is -0.134. The largest absolute Gasteiger partial charge is 0.348 e. The second-order valence-corrected chi connectivity index (χ2v) is 7.87. The Kier molecular flexibility index (Phi) is 6.02. The Bertz CT molecular complexity index is 1130. The molecule has 0 atom stereocenters. The molecule has 0 saturated carbocycles. The molecule has 0 saturated heterocycles. The first-order valence-electron chi connectivity index (χ1n) is 9.72. The highest BCUT2D eigenvalue weighted by Gasteiger charge is 2.15. The van der Waals surface area contributed by atoms with Gasteiger partial charge in [0.25, 0.3) is 5.91 Å². The fourth-order valence-electron chi connectivity index (χ4n) is 3.15. The van der Waals surface area contributed by atoms with Gasteiger partial charge >= 0.3 is 0 Å². The molecule has 0 fully saturated rings. The first-order valence-corrected chi connectivity index (χ1v) is 10.6. The van der Waals surface area contributed by atoms with E-state index >= 15 is 0 Å². The van der Waals surface area contributed by atoms with E-state index in [1.165, 1.54) is 0 Å². The number of thiazole rings is 1. The SMILES string of the molecule is Cc1c(C(=O)NCc2ccc(CN)cc2)cnn1Cc1csc(-c2ccccc2)n1. The summed E-state index contributed by atoms with van der Waals surface area (Å²) in [6.07, 6.45) is 1.62. The number of carbonyl (C=O) groups is 1. The third-order valence-electron chi connectivity index (χ3n) is 4.94. The Morgan fingerprint density at radius 3 is 2.57 bits per heavy atom. The van der Waals surface area contributed by atoms with Gasteiger partial charge in [0.2, 0.25) is 0 Å². The van der Waals surface area contributed by atoms with Gasteiger partial charge in [0, 0.05) is 29.7 Å². The molecule has 1 amide bonds. The summed E-state index contributed by atoms with van der Waals surface area (Å²) in [5.41, 5.74) is 11.1. The molecule has 0 bridgehead atoms. The van der Waals surface area contributed by atoms with Gasteiger partial charge in [-0.15, -0.1) is 11.3 Å². The monoisotopic (exact) mass is 417 g/mol. The van der Waals surface area contributed by atoms with Gasteiger partial charge in [-0.2, -0.15) is 5.10 Å². The maximum Gasteiger partial charge on any atom is 0.255 e. The average molecular weight is 418 g/mol. The first kappa shape index (κ1) is 20.0. The summed E-state index contributed by atoms with van der Waals surface area (Å²) in [7, 11) is 0. The van der Waals surface area contributed by atoms with E-state index in [1.807, 2.05) is 71.6 Å². The number of nitrogens with zero attached hydrogens (tertiary/aromatic N) is 3. The summed E-state index contributed by atoms with van der Waals surface area (Å²) >= 11 is 1.61. The van der Waals surface area contributed by atoms with Crippen molar-refractivity contribution in [3.05, 3.63) is 94.3 Å². The van der Waals surface area contributed by atoms with Crippen molar-refractivity contribution >= 4 is 17.2 Å². The van der Waals surface area contributed by atoms with Crippen LogP contribution in [0.15, 0.2) is 66.2 Å². The molecule has 2 aromatic carbocycles. The molecule has 4 aromatic rings.